The van der Waals surface area contributed by atoms with Gasteiger partial charge in [-0.1, -0.05) is 29.3 Å². The fourth-order valence-electron chi connectivity index (χ4n) is 1.64. The minimum atomic E-state index is 0.822. The average Bonchev–Trinajstić information content (AvgIpc) is 2.63. The predicted octanol–water partition coefficient (Wildman–Crippen LogP) is 4.63. The normalized spacial score (nSPS) is 10.4. The molecule has 1 aromatic heterocycles. The van der Waals surface area contributed by atoms with Crippen LogP contribution in [0.2, 0.25) is 5.02 Å². The van der Waals surface area contributed by atoms with Crippen molar-refractivity contribution in [3.63, 3.8) is 0 Å². The molecule has 2 rings (SSSR count). The van der Waals surface area contributed by atoms with E-state index in [4.69, 9.17) is 11.6 Å². The van der Waals surface area contributed by atoms with Gasteiger partial charge in [-0.15, -0.1) is 11.3 Å². The summed E-state index contributed by atoms with van der Waals surface area (Å²) in [6.07, 6.45) is 0. The highest BCUT2D eigenvalue weighted by atomic mass is 35.5. The summed E-state index contributed by atoms with van der Waals surface area (Å²) in [5.41, 5.74) is 3.76. The van der Waals surface area contributed by atoms with Gasteiger partial charge in [0.1, 0.15) is 0 Å². The zero-order valence-electron chi connectivity index (χ0n) is 9.38. The Morgan fingerprint density at radius 1 is 1.25 bits per heavy atom. The molecule has 0 spiro atoms. The molecule has 0 saturated heterocycles. The Morgan fingerprint density at radius 2 is 2.06 bits per heavy atom. The number of hydrogen-bond acceptors (Lipinski definition) is 2. The summed E-state index contributed by atoms with van der Waals surface area (Å²) in [6, 6.07) is 8.43. The minimum Gasteiger partial charge on any atom is -0.380 e. The predicted molar refractivity (Wildman–Crippen MR) is 72.6 cm³/mol. The number of halogens is 1. The summed E-state index contributed by atoms with van der Waals surface area (Å²) in [6.45, 7) is 5.06. The lowest BCUT2D eigenvalue weighted by molar-refractivity contribution is 1.18. The summed E-state index contributed by atoms with van der Waals surface area (Å²) in [5.74, 6) is 0. The molecule has 0 aliphatic heterocycles. The van der Waals surface area contributed by atoms with Gasteiger partial charge in [0.05, 0.1) is 5.02 Å². The smallest absolute Gasteiger partial charge is 0.0516 e. The molecule has 0 bridgehead atoms. The van der Waals surface area contributed by atoms with Crippen molar-refractivity contribution in [2.24, 2.45) is 0 Å². The van der Waals surface area contributed by atoms with E-state index in [1.54, 1.807) is 11.3 Å². The Morgan fingerprint density at radius 3 is 2.69 bits per heavy atom. The zero-order valence-corrected chi connectivity index (χ0v) is 11.0. The van der Waals surface area contributed by atoms with Crippen molar-refractivity contribution in [1.82, 2.24) is 0 Å². The van der Waals surface area contributed by atoms with Crippen LogP contribution in [-0.4, -0.2) is 0 Å². The first-order chi connectivity index (χ1) is 7.65. The number of aryl methyl sites for hydroxylation is 2. The second-order valence-corrected chi connectivity index (χ2v) is 5.34. The molecule has 1 nitrogen and oxygen atoms in total. The molecule has 84 valence electrons. The molecule has 0 radical (unpaired) electrons. The maximum Gasteiger partial charge on any atom is 0.0516 e. The molecule has 3 heteroatoms. The molecule has 0 amide bonds. The molecule has 2 aromatic rings. The number of benzene rings is 1. The number of nitrogens with one attached hydrogen (secondary N) is 1. The Labute approximate surface area is 105 Å². The number of hydrogen-bond donors (Lipinski definition) is 1. The monoisotopic (exact) mass is 251 g/mol. The van der Waals surface area contributed by atoms with Gasteiger partial charge in [-0.05, 0) is 31.5 Å². The van der Waals surface area contributed by atoms with Gasteiger partial charge in [-0.3, -0.25) is 0 Å². The lowest BCUT2D eigenvalue weighted by Gasteiger charge is -2.08. The Kier molecular flexibility index (Phi) is 3.52. The van der Waals surface area contributed by atoms with Gasteiger partial charge < -0.3 is 5.32 Å². The molecular weight excluding hydrogens is 238 g/mol. The van der Waals surface area contributed by atoms with E-state index in [9.17, 15) is 0 Å². The molecule has 0 fully saturated rings. The Hall–Kier alpha value is -0.990. The molecule has 1 aromatic carbocycles. The van der Waals surface area contributed by atoms with Crippen LogP contribution in [0, 0.1) is 13.8 Å². The average molecular weight is 252 g/mol. The van der Waals surface area contributed by atoms with Crippen LogP contribution in [0.5, 0.6) is 0 Å². The third-order valence-corrected chi connectivity index (χ3v) is 3.74. The number of rotatable bonds is 3. The standard InChI is InChI=1S/C13H14ClNS/c1-9-3-4-13(10(2)5-9)15-7-12-6-11(14)8-16-12/h3-6,8,15H,7H2,1-2H3. The van der Waals surface area contributed by atoms with Crippen molar-refractivity contribution in [3.8, 4) is 0 Å². The van der Waals surface area contributed by atoms with E-state index in [1.807, 2.05) is 11.4 Å². The summed E-state index contributed by atoms with van der Waals surface area (Å²) in [7, 11) is 0. The first-order valence-electron chi connectivity index (χ1n) is 5.19. The van der Waals surface area contributed by atoms with Crippen molar-refractivity contribution in [2.45, 2.75) is 20.4 Å². The van der Waals surface area contributed by atoms with Crippen LogP contribution in [0.25, 0.3) is 0 Å². The van der Waals surface area contributed by atoms with Gasteiger partial charge in [-0.25, -0.2) is 0 Å². The van der Waals surface area contributed by atoms with E-state index in [1.165, 1.54) is 21.7 Å². The van der Waals surface area contributed by atoms with E-state index in [0.717, 1.165) is 11.6 Å². The SMILES string of the molecule is Cc1ccc(NCc2cc(Cl)cs2)c(C)c1. The molecule has 1 N–H and O–H groups in total. The van der Waals surface area contributed by atoms with E-state index < -0.39 is 0 Å². The van der Waals surface area contributed by atoms with Crippen LogP contribution in [0.15, 0.2) is 29.6 Å². The second kappa shape index (κ2) is 4.89. The third kappa shape index (κ3) is 2.77. The second-order valence-electron chi connectivity index (χ2n) is 3.90. The molecule has 0 aliphatic carbocycles. The highest BCUT2D eigenvalue weighted by Gasteiger charge is 2.00. The number of anilines is 1. The molecule has 0 atom stereocenters. The maximum absolute atomic E-state index is 5.88. The van der Waals surface area contributed by atoms with E-state index in [2.05, 4.69) is 37.4 Å². The third-order valence-electron chi connectivity index (χ3n) is 2.46. The van der Waals surface area contributed by atoms with Crippen molar-refractivity contribution < 1.29 is 0 Å². The molecular formula is C13H14ClNS. The molecule has 0 saturated carbocycles. The van der Waals surface area contributed by atoms with Gasteiger partial charge >= 0.3 is 0 Å². The van der Waals surface area contributed by atoms with Crippen LogP contribution >= 0.6 is 22.9 Å². The van der Waals surface area contributed by atoms with E-state index in [0.29, 0.717) is 0 Å². The highest BCUT2D eigenvalue weighted by molar-refractivity contribution is 7.10. The minimum absolute atomic E-state index is 0.822. The summed E-state index contributed by atoms with van der Waals surface area (Å²) in [4.78, 5) is 1.25. The van der Waals surface area contributed by atoms with E-state index in [-0.39, 0.29) is 0 Å². The largest absolute Gasteiger partial charge is 0.380 e. The van der Waals surface area contributed by atoms with Crippen LogP contribution in [0.3, 0.4) is 0 Å². The molecule has 16 heavy (non-hydrogen) atoms. The van der Waals surface area contributed by atoms with Gasteiger partial charge in [0.25, 0.3) is 0 Å². The topological polar surface area (TPSA) is 12.0 Å². The van der Waals surface area contributed by atoms with Gasteiger partial charge in [0.15, 0.2) is 0 Å². The van der Waals surface area contributed by atoms with Gasteiger partial charge in [0.2, 0.25) is 0 Å². The first kappa shape index (κ1) is 11.5. The van der Waals surface area contributed by atoms with Gasteiger partial charge in [0, 0.05) is 22.5 Å². The fraction of sp³-hybridized carbons (Fsp3) is 0.231. The van der Waals surface area contributed by atoms with Crippen LogP contribution in [0.4, 0.5) is 5.69 Å². The summed E-state index contributed by atoms with van der Waals surface area (Å²) >= 11 is 7.56. The molecule has 0 aliphatic rings. The van der Waals surface area contributed by atoms with Crippen LogP contribution < -0.4 is 5.32 Å². The van der Waals surface area contributed by atoms with Crippen molar-refractivity contribution >= 4 is 28.6 Å². The van der Waals surface area contributed by atoms with E-state index >= 15 is 0 Å². The Balaban J connectivity index is 2.04. The van der Waals surface area contributed by atoms with Crippen molar-refractivity contribution in [3.05, 3.63) is 50.7 Å². The quantitative estimate of drug-likeness (QED) is 0.839. The van der Waals surface area contributed by atoms with Crippen molar-refractivity contribution in [1.29, 1.82) is 0 Å². The van der Waals surface area contributed by atoms with Crippen molar-refractivity contribution in [2.75, 3.05) is 5.32 Å². The maximum atomic E-state index is 5.88. The lowest BCUT2D eigenvalue weighted by Crippen LogP contribution is -1.99. The number of thiophene rings is 1. The summed E-state index contributed by atoms with van der Waals surface area (Å²) in [5, 5.41) is 6.20. The summed E-state index contributed by atoms with van der Waals surface area (Å²) < 4.78 is 0. The fourth-order valence-corrected chi connectivity index (χ4v) is 2.65. The zero-order chi connectivity index (χ0) is 11.5. The lowest BCUT2D eigenvalue weighted by atomic mass is 10.1. The van der Waals surface area contributed by atoms with Crippen LogP contribution in [0.1, 0.15) is 16.0 Å². The van der Waals surface area contributed by atoms with Crippen LogP contribution in [-0.2, 0) is 6.54 Å². The first-order valence-corrected chi connectivity index (χ1v) is 6.45. The van der Waals surface area contributed by atoms with Gasteiger partial charge in [-0.2, -0.15) is 0 Å². The Bertz CT molecular complexity index is 490. The highest BCUT2D eigenvalue weighted by Crippen LogP contribution is 2.21. The molecule has 1 heterocycles. The molecule has 0 unspecified atom stereocenters.